The molecule has 0 amide bonds. The van der Waals surface area contributed by atoms with Gasteiger partial charge in [0.15, 0.2) is 0 Å². The summed E-state index contributed by atoms with van der Waals surface area (Å²) in [4.78, 5) is 1.24. The van der Waals surface area contributed by atoms with Crippen LogP contribution in [0.2, 0.25) is 5.02 Å². The molecular formula is C14H17ClN2O2S2. The molecule has 21 heavy (non-hydrogen) atoms. The smallest absolute Gasteiger partial charge is 0.262 e. The molecule has 0 fully saturated rings. The number of thiophene rings is 1. The summed E-state index contributed by atoms with van der Waals surface area (Å²) in [6.07, 6.45) is 0. The summed E-state index contributed by atoms with van der Waals surface area (Å²) in [5, 5.41) is 5.19. The number of anilines is 1. The number of aryl methyl sites for hydroxylation is 1. The normalized spacial score (nSPS) is 11.6. The minimum atomic E-state index is -3.61. The summed E-state index contributed by atoms with van der Waals surface area (Å²) in [7, 11) is -3.61. The quantitative estimate of drug-likeness (QED) is 0.841. The van der Waals surface area contributed by atoms with Gasteiger partial charge in [-0.15, -0.1) is 11.3 Å². The van der Waals surface area contributed by atoms with Gasteiger partial charge in [-0.2, -0.15) is 0 Å². The van der Waals surface area contributed by atoms with Crippen LogP contribution >= 0.6 is 22.9 Å². The lowest BCUT2D eigenvalue weighted by molar-refractivity contribution is 0.601. The highest BCUT2D eigenvalue weighted by molar-refractivity contribution is 7.92. The van der Waals surface area contributed by atoms with Crippen molar-refractivity contribution in [2.45, 2.75) is 25.3 Å². The molecule has 4 nitrogen and oxygen atoms in total. The average molecular weight is 345 g/mol. The highest BCUT2D eigenvalue weighted by Gasteiger charge is 2.17. The van der Waals surface area contributed by atoms with Gasteiger partial charge in [-0.05, 0) is 37.2 Å². The van der Waals surface area contributed by atoms with Crippen molar-refractivity contribution in [3.63, 3.8) is 0 Å². The summed E-state index contributed by atoms with van der Waals surface area (Å²) < 4.78 is 27.3. The fourth-order valence-electron chi connectivity index (χ4n) is 1.76. The molecule has 0 radical (unpaired) electrons. The molecular weight excluding hydrogens is 328 g/mol. The maximum absolute atomic E-state index is 12.4. The first-order valence-electron chi connectivity index (χ1n) is 6.49. The monoisotopic (exact) mass is 344 g/mol. The summed E-state index contributed by atoms with van der Waals surface area (Å²) in [6, 6.07) is 6.91. The number of sulfonamides is 1. The molecule has 0 aliphatic carbocycles. The molecule has 1 aromatic heterocycles. The van der Waals surface area contributed by atoms with Crippen molar-refractivity contribution >= 4 is 38.6 Å². The Bertz CT molecular complexity index is 726. The van der Waals surface area contributed by atoms with E-state index in [1.807, 2.05) is 19.9 Å². The summed E-state index contributed by atoms with van der Waals surface area (Å²) in [5.74, 6) is 0. The van der Waals surface area contributed by atoms with E-state index in [4.69, 9.17) is 11.6 Å². The molecule has 0 atom stereocenters. The van der Waals surface area contributed by atoms with Gasteiger partial charge in [0, 0.05) is 16.8 Å². The Morgan fingerprint density at radius 1 is 1.29 bits per heavy atom. The van der Waals surface area contributed by atoms with E-state index in [-0.39, 0.29) is 4.90 Å². The maximum atomic E-state index is 12.4. The molecule has 0 spiro atoms. The Kier molecular flexibility index (Phi) is 5.27. The van der Waals surface area contributed by atoms with Crippen LogP contribution < -0.4 is 10.0 Å². The molecule has 0 aliphatic heterocycles. The predicted octanol–water partition coefficient (Wildman–Crippen LogP) is 3.62. The number of hydrogen-bond donors (Lipinski definition) is 2. The predicted molar refractivity (Wildman–Crippen MR) is 88.7 cm³/mol. The average Bonchev–Trinajstić information content (AvgIpc) is 2.90. The number of hydrogen-bond acceptors (Lipinski definition) is 4. The number of rotatable bonds is 6. The molecule has 1 heterocycles. The van der Waals surface area contributed by atoms with Gasteiger partial charge >= 0.3 is 0 Å². The Labute approximate surface area is 134 Å². The zero-order chi connectivity index (χ0) is 15.5. The van der Waals surface area contributed by atoms with Gasteiger partial charge in [-0.3, -0.25) is 4.72 Å². The van der Waals surface area contributed by atoms with Crippen molar-refractivity contribution in [2.75, 3.05) is 11.3 Å². The van der Waals surface area contributed by atoms with E-state index in [9.17, 15) is 8.42 Å². The first-order chi connectivity index (χ1) is 9.92. The minimum Gasteiger partial charge on any atom is -0.312 e. The fraction of sp³-hybridized carbons (Fsp3) is 0.286. The zero-order valence-electron chi connectivity index (χ0n) is 11.8. The molecule has 7 heteroatoms. The maximum Gasteiger partial charge on any atom is 0.262 e. The molecule has 2 N–H and O–H groups in total. The van der Waals surface area contributed by atoms with Crippen molar-refractivity contribution in [1.82, 2.24) is 5.32 Å². The first kappa shape index (κ1) is 16.3. The van der Waals surface area contributed by atoms with Crippen LogP contribution in [0.25, 0.3) is 0 Å². The molecule has 114 valence electrons. The lowest BCUT2D eigenvalue weighted by atomic mass is 10.2. The van der Waals surface area contributed by atoms with Crippen molar-refractivity contribution in [2.24, 2.45) is 0 Å². The van der Waals surface area contributed by atoms with Gasteiger partial charge in [-0.1, -0.05) is 24.6 Å². The van der Waals surface area contributed by atoms with Crippen LogP contribution in [0.4, 0.5) is 5.69 Å². The fourth-order valence-corrected chi connectivity index (χ4v) is 4.30. The van der Waals surface area contributed by atoms with Gasteiger partial charge in [-0.25, -0.2) is 8.42 Å². The van der Waals surface area contributed by atoms with Crippen molar-refractivity contribution in [3.8, 4) is 0 Å². The summed E-state index contributed by atoms with van der Waals surface area (Å²) in [5.41, 5.74) is 1.34. The Morgan fingerprint density at radius 3 is 2.76 bits per heavy atom. The minimum absolute atomic E-state index is 0.262. The second-order valence-corrected chi connectivity index (χ2v) is 7.70. The number of nitrogens with one attached hydrogen (secondary N) is 2. The molecule has 2 aromatic rings. The summed E-state index contributed by atoms with van der Waals surface area (Å²) >= 11 is 7.45. The first-order valence-corrected chi connectivity index (χ1v) is 9.23. The van der Waals surface area contributed by atoms with E-state index in [2.05, 4.69) is 10.0 Å². The topological polar surface area (TPSA) is 58.2 Å². The second-order valence-electron chi connectivity index (χ2n) is 4.62. The van der Waals surface area contributed by atoms with E-state index >= 15 is 0 Å². The molecule has 0 aliphatic rings. The standard InChI is InChI=1S/C14H17ClN2O2S2/c1-3-16-8-11-7-12(9-20-11)21(18,19)17-14-6-10(2)4-5-13(14)15/h4-7,9,16-17H,3,8H2,1-2H3. The van der Waals surface area contributed by atoms with Gasteiger partial charge in [0.05, 0.1) is 15.6 Å². The van der Waals surface area contributed by atoms with Crippen LogP contribution in [-0.2, 0) is 16.6 Å². The third-order valence-electron chi connectivity index (χ3n) is 2.86. The lowest BCUT2D eigenvalue weighted by Crippen LogP contribution is -2.13. The molecule has 2 rings (SSSR count). The Hall–Kier alpha value is -1.08. The highest BCUT2D eigenvalue weighted by Crippen LogP contribution is 2.27. The Balaban J connectivity index is 2.22. The van der Waals surface area contributed by atoms with Gasteiger partial charge < -0.3 is 5.32 Å². The number of halogens is 1. The van der Waals surface area contributed by atoms with Gasteiger partial charge in [0.1, 0.15) is 0 Å². The van der Waals surface area contributed by atoms with Crippen LogP contribution in [-0.4, -0.2) is 15.0 Å². The SMILES string of the molecule is CCNCc1cc(S(=O)(=O)Nc2cc(C)ccc2Cl)cs1. The van der Waals surface area contributed by atoms with Crippen molar-refractivity contribution in [3.05, 3.63) is 45.1 Å². The van der Waals surface area contributed by atoms with Crippen LogP contribution in [0.1, 0.15) is 17.4 Å². The number of benzene rings is 1. The molecule has 1 aromatic carbocycles. The van der Waals surface area contributed by atoms with E-state index in [1.165, 1.54) is 11.3 Å². The van der Waals surface area contributed by atoms with Gasteiger partial charge in [0.25, 0.3) is 10.0 Å². The third-order valence-corrected chi connectivity index (χ3v) is 5.62. The van der Waals surface area contributed by atoms with Crippen molar-refractivity contribution < 1.29 is 8.42 Å². The van der Waals surface area contributed by atoms with Crippen molar-refractivity contribution in [1.29, 1.82) is 0 Å². The van der Waals surface area contributed by atoms with Crippen LogP contribution in [0.5, 0.6) is 0 Å². The Morgan fingerprint density at radius 2 is 2.05 bits per heavy atom. The van der Waals surface area contributed by atoms with E-state index < -0.39 is 10.0 Å². The molecule has 0 saturated heterocycles. The summed E-state index contributed by atoms with van der Waals surface area (Å²) in [6.45, 7) is 5.40. The lowest BCUT2D eigenvalue weighted by Gasteiger charge is -2.09. The zero-order valence-corrected chi connectivity index (χ0v) is 14.2. The van der Waals surface area contributed by atoms with Crippen LogP contribution in [0.3, 0.4) is 0 Å². The van der Waals surface area contributed by atoms with Crippen LogP contribution in [0, 0.1) is 6.92 Å². The highest BCUT2D eigenvalue weighted by atomic mass is 35.5. The van der Waals surface area contributed by atoms with Gasteiger partial charge in [0.2, 0.25) is 0 Å². The van der Waals surface area contributed by atoms with E-state index in [1.54, 1.807) is 23.6 Å². The molecule has 0 saturated carbocycles. The van der Waals surface area contributed by atoms with E-state index in [0.717, 1.165) is 17.0 Å². The van der Waals surface area contributed by atoms with E-state index in [0.29, 0.717) is 17.3 Å². The second kappa shape index (κ2) is 6.79. The van der Waals surface area contributed by atoms with Crippen LogP contribution in [0.15, 0.2) is 34.5 Å². The molecule has 0 unspecified atom stereocenters. The third kappa shape index (κ3) is 4.20. The molecule has 0 bridgehead atoms. The largest absolute Gasteiger partial charge is 0.312 e.